The van der Waals surface area contributed by atoms with Crippen LogP contribution in [0.4, 0.5) is 5.69 Å². The van der Waals surface area contributed by atoms with Crippen molar-refractivity contribution in [2.24, 2.45) is 5.92 Å². The van der Waals surface area contributed by atoms with Gasteiger partial charge < -0.3 is 15.7 Å². The highest BCUT2D eigenvalue weighted by atomic mass is 16.4. The summed E-state index contributed by atoms with van der Waals surface area (Å²) in [6.45, 7) is 2.08. The lowest BCUT2D eigenvalue weighted by atomic mass is 9.94. The Labute approximate surface area is 124 Å². The van der Waals surface area contributed by atoms with Gasteiger partial charge in [0.1, 0.15) is 0 Å². The Kier molecular flexibility index (Phi) is 5.75. The van der Waals surface area contributed by atoms with Gasteiger partial charge in [-0.1, -0.05) is 12.1 Å². The maximum atomic E-state index is 11.9. The van der Waals surface area contributed by atoms with E-state index >= 15 is 0 Å². The third-order valence-electron chi connectivity index (χ3n) is 3.74. The molecule has 114 valence electrons. The summed E-state index contributed by atoms with van der Waals surface area (Å²) in [4.78, 5) is 22.6. The van der Waals surface area contributed by atoms with Gasteiger partial charge in [0.15, 0.2) is 0 Å². The molecule has 0 radical (unpaired) electrons. The van der Waals surface area contributed by atoms with Crippen LogP contribution in [0.25, 0.3) is 0 Å². The zero-order valence-electron chi connectivity index (χ0n) is 12.1. The number of carbonyl (C=O) groups is 2. The highest BCUT2D eigenvalue weighted by molar-refractivity contribution is 5.90. The van der Waals surface area contributed by atoms with Crippen LogP contribution >= 0.6 is 0 Å². The number of hydrogen-bond donors (Lipinski definition) is 3. The number of carbonyl (C=O) groups excluding carboxylic acids is 1. The summed E-state index contributed by atoms with van der Waals surface area (Å²) in [6, 6.07) is 7.01. The van der Waals surface area contributed by atoms with Crippen LogP contribution in [0.5, 0.6) is 0 Å². The Morgan fingerprint density at radius 3 is 2.95 bits per heavy atom. The number of amides is 1. The largest absolute Gasteiger partial charge is 0.481 e. The molecule has 2 rings (SSSR count). The topological polar surface area (TPSA) is 78.4 Å². The number of benzene rings is 1. The average Bonchev–Trinajstić information content (AvgIpc) is 2.46. The molecule has 1 aromatic carbocycles. The smallest absolute Gasteiger partial charge is 0.307 e. The highest BCUT2D eigenvalue weighted by Crippen LogP contribution is 2.17. The highest BCUT2D eigenvalue weighted by Gasteiger charge is 2.14. The summed E-state index contributed by atoms with van der Waals surface area (Å²) in [7, 11) is 0. The van der Waals surface area contributed by atoms with Gasteiger partial charge in [0.25, 0.3) is 0 Å². The molecule has 5 heteroatoms. The number of aliphatic carboxylic acids is 1. The molecule has 5 nitrogen and oxygen atoms in total. The number of carboxylic acids is 1. The Hall–Kier alpha value is -1.88. The third kappa shape index (κ3) is 5.55. The SMILES string of the molecule is O=C(O)Cc1cccc(NC(=O)CCC2CCCNC2)c1. The van der Waals surface area contributed by atoms with Gasteiger partial charge in [-0.3, -0.25) is 9.59 Å². The van der Waals surface area contributed by atoms with Crippen LogP contribution in [0.15, 0.2) is 24.3 Å². The lowest BCUT2D eigenvalue weighted by molar-refractivity contribution is -0.136. The number of anilines is 1. The van der Waals surface area contributed by atoms with Crippen molar-refractivity contribution in [2.45, 2.75) is 32.1 Å². The van der Waals surface area contributed by atoms with Gasteiger partial charge in [0.2, 0.25) is 5.91 Å². The maximum Gasteiger partial charge on any atom is 0.307 e. The van der Waals surface area contributed by atoms with E-state index in [0.29, 0.717) is 23.6 Å². The van der Waals surface area contributed by atoms with Crippen LogP contribution in [0.1, 0.15) is 31.2 Å². The maximum absolute atomic E-state index is 11.9. The second-order valence-electron chi connectivity index (χ2n) is 5.57. The number of rotatable bonds is 6. The van der Waals surface area contributed by atoms with E-state index < -0.39 is 5.97 Å². The molecular formula is C16H22N2O3. The average molecular weight is 290 g/mol. The number of hydrogen-bond acceptors (Lipinski definition) is 3. The summed E-state index contributed by atoms with van der Waals surface area (Å²) in [5.41, 5.74) is 1.36. The van der Waals surface area contributed by atoms with Crippen LogP contribution in [-0.2, 0) is 16.0 Å². The molecule has 0 aliphatic carbocycles. The Morgan fingerprint density at radius 1 is 1.38 bits per heavy atom. The van der Waals surface area contributed by atoms with Gasteiger partial charge in [0.05, 0.1) is 6.42 Å². The summed E-state index contributed by atoms with van der Waals surface area (Å²) in [5.74, 6) is -0.292. The van der Waals surface area contributed by atoms with Crippen LogP contribution < -0.4 is 10.6 Å². The molecule has 1 fully saturated rings. The van der Waals surface area contributed by atoms with Crippen molar-refractivity contribution in [3.8, 4) is 0 Å². The summed E-state index contributed by atoms with van der Waals surface area (Å²) in [5, 5.41) is 15.0. The van der Waals surface area contributed by atoms with Crippen molar-refractivity contribution in [2.75, 3.05) is 18.4 Å². The molecule has 21 heavy (non-hydrogen) atoms. The minimum Gasteiger partial charge on any atom is -0.481 e. The molecular weight excluding hydrogens is 268 g/mol. The van der Waals surface area contributed by atoms with E-state index in [1.54, 1.807) is 24.3 Å². The molecule has 0 saturated carbocycles. The first kappa shape index (κ1) is 15.5. The van der Waals surface area contributed by atoms with Gasteiger partial charge in [0, 0.05) is 12.1 Å². The molecule has 0 bridgehead atoms. The van der Waals surface area contributed by atoms with E-state index in [1.807, 2.05) is 0 Å². The van der Waals surface area contributed by atoms with E-state index in [2.05, 4.69) is 10.6 Å². The number of nitrogens with one attached hydrogen (secondary N) is 2. The summed E-state index contributed by atoms with van der Waals surface area (Å²) in [6.07, 6.45) is 3.75. The van der Waals surface area contributed by atoms with Crippen molar-refractivity contribution in [3.63, 3.8) is 0 Å². The van der Waals surface area contributed by atoms with Crippen LogP contribution in [0, 0.1) is 5.92 Å². The fourth-order valence-corrected chi connectivity index (χ4v) is 2.66. The second kappa shape index (κ2) is 7.78. The second-order valence-corrected chi connectivity index (χ2v) is 5.57. The predicted molar refractivity (Wildman–Crippen MR) is 81.2 cm³/mol. The van der Waals surface area contributed by atoms with Crippen LogP contribution in [0.3, 0.4) is 0 Å². The number of carboxylic acid groups (broad SMARTS) is 1. The Balaban J connectivity index is 1.80. The van der Waals surface area contributed by atoms with Crippen molar-refractivity contribution >= 4 is 17.6 Å². The molecule has 1 aliphatic heterocycles. The fourth-order valence-electron chi connectivity index (χ4n) is 2.66. The molecule has 1 unspecified atom stereocenters. The predicted octanol–water partition coefficient (Wildman–Crippen LogP) is 2.03. The van der Waals surface area contributed by atoms with Gasteiger partial charge in [-0.25, -0.2) is 0 Å². The molecule has 0 spiro atoms. The van der Waals surface area contributed by atoms with Crippen molar-refractivity contribution in [3.05, 3.63) is 29.8 Å². The van der Waals surface area contributed by atoms with Crippen molar-refractivity contribution in [1.29, 1.82) is 0 Å². The summed E-state index contributed by atoms with van der Waals surface area (Å²) >= 11 is 0. The van der Waals surface area contributed by atoms with Gasteiger partial charge in [-0.05, 0) is 56.0 Å². The van der Waals surface area contributed by atoms with E-state index in [4.69, 9.17) is 5.11 Å². The van der Waals surface area contributed by atoms with Crippen LogP contribution in [-0.4, -0.2) is 30.1 Å². The molecule has 3 N–H and O–H groups in total. The zero-order valence-corrected chi connectivity index (χ0v) is 12.1. The van der Waals surface area contributed by atoms with E-state index in [0.717, 1.165) is 19.5 Å². The molecule has 1 aliphatic rings. The van der Waals surface area contributed by atoms with Crippen LogP contribution in [0.2, 0.25) is 0 Å². The summed E-state index contributed by atoms with van der Waals surface area (Å²) < 4.78 is 0. The van der Waals surface area contributed by atoms with Gasteiger partial charge in [-0.2, -0.15) is 0 Å². The lowest BCUT2D eigenvalue weighted by Gasteiger charge is -2.22. The molecule has 1 saturated heterocycles. The molecule has 1 aromatic rings. The zero-order chi connectivity index (χ0) is 15.1. The molecule has 1 atom stereocenters. The number of piperidine rings is 1. The molecule has 1 amide bonds. The monoisotopic (exact) mass is 290 g/mol. The third-order valence-corrected chi connectivity index (χ3v) is 3.74. The van der Waals surface area contributed by atoms with Gasteiger partial charge >= 0.3 is 5.97 Å². The Bertz CT molecular complexity index is 496. The van der Waals surface area contributed by atoms with E-state index in [1.165, 1.54) is 12.8 Å². The quantitative estimate of drug-likeness (QED) is 0.749. The first-order valence-electron chi connectivity index (χ1n) is 7.45. The fraction of sp³-hybridized carbons (Fsp3) is 0.500. The van der Waals surface area contributed by atoms with E-state index in [-0.39, 0.29) is 12.3 Å². The molecule has 1 heterocycles. The lowest BCUT2D eigenvalue weighted by Crippen LogP contribution is -2.30. The minimum absolute atomic E-state index is 0.00644. The van der Waals surface area contributed by atoms with Crippen molar-refractivity contribution < 1.29 is 14.7 Å². The molecule has 0 aromatic heterocycles. The van der Waals surface area contributed by atoms with Crippen molar-refractivity contribution in [1.82, 2.24) is 5.32 Å². The first-order chi connectivity index (χ1) is 10.1. The Morgan fingerprint density at radius 2 is 2.24 bits per heavy atom. The normalized spacial score (nSPS) is 18.2. The van der Waals surface area contributed by atoms with Gasteiger partial charge in [-0.15, -0.1) is 0 Å². The minimum atomic E-state index is -0.872. The standard InChI is InChI=1S/C16H22N2O3/c19-15(7-6-12-4-2-8-17-11-12)18-14-5-1-3-13(9-14)10-16(20)21/h1,3,5,9,12,17H,2,4,6-8,10-11H2,(H,18,19)(H,20,21). The van der Waals surface area contributed by atoms with E-state index in [9.17, 15) is 9.59 Å². The first-order valence-corrected chi connectivity index (χ1v) is 7.45.